The smallest absolute Gasteiger partial charge is 0.348 e. The van der Waals surface area contributed by atoms with Crippen molar-refractivity contribution in [3.63, 3.8) is 0 Å². The third-order valence-corrected chi connectivity index (χ3v) is 8.21. The van der Waals surface area contributed by atoms with Gasteiger partial charge >= 0.3 is 11.9 Å². The van der Waals surface area contributed by atoms with Gasteiger partial charge in [-0.15, -0.1) is 0 Å². The fourth-order valence-corrected chi connectivity index (χ4v) is 5.63. The van der Waals surface area contributed by atoms with Crippen molar-refractivity contribution in [3.05, 3.63) is 31.2 Å². The van der Waals surface area contributed by atoms with Gasteiger partial charge in [0.15, 0.2) is 10.3 Å². The average Bonchev–Trinajstić information content (AvgIpc) is 3.47. The molecule has 1 fully saturated rings. The van der Waals surface area contributed by atoms with Gasteiger partial charge in [-0.1, -0.05) is 45.9 Å². The Morgan fingerprint density at radius 1 is 1.14 bits per heavy atom. The number of aryl methyl sites for hydroxylation is 1. The van der Waals surface area contributed by atoms with Crippen molar-refractivity contribution in [3.8, 4) is 11.4 Å². The van der Waals surface area contributed by atoms with E-state index in [1.807, 2.05) is 0 Å². The molecule has 1 aliphatic rings. The van der Waals surface area contributed by atoms with E-state index < -0.39 is 30.1 Å². The van der Waals surface area contributed by atoms with E-state index in [4.69, 9.17) is 28.9 Å². The number of alkyl halides is 1. The molecule has 0 bridgehead atoms. The van der Waals surface area contributed by atoms with Crippen LogP contribution in [-0.4, -0.2) is 68.3 Å². The molecule has 1 aliphatic heterocycles. The first-order valence-corrected chi connectivity index (χ1v) is 12.3. The molecule has 4 heterocycles. The molecule has 186 valence electrons. The lowest BCUT2D eigenvalue weighted by Crippen LogP contribution is -2.52. The summed E-state index contributed by atoms with van der Waals surface area (Å²) in [6.45, 7) is 1.72. The lowest BCUT2D eigenvalue weighted by molar-refractivity contribution is 0.0689. The molecule has 2 atom stereocenters. The number of H-pyrrole nitrogens is 1. The SMILES string of the molecule is Cc1[nH]c(C(=O)N[C@@H]2CCN(c3nc(-c4nc(N)sc4C(=O)O)c(C(=O)O)s3)C[C@@H]2F)c(Cl)c1Cl. The highest BCUT2D eigenvalue weighted by Gasteiger charge is 2.35. The predicted molar refractivity (Wildman–Crippen MR) is 130 cm³/mol. The van der Waals surface area contributed by atoms with Crippen LogP contribution >= 0.6 is 45.9 Å². The van der Waals surface area contributed by atoms with Crippen LogP contribution in [0.3, 0.4) is 0 Å². The Labute approximate surface area is 214 Å². The summed E-state index contributed by atoms with van der Waals surface area (Å²) in [5, 5.41) is 22.0. The normalized spacial score (nSPS) is 18.0. The second-order valence-electron chi connectivity index (χ2n) is 7.60. The van der Waals surface area contributed by atoms with E-state index >= 15 is 4.39 Å². The van der Waals surface area contributed by atoms with E-state index in [-0.39, 0.29) is 66.7 Å². The Balaban J connectivity index is 1.53. The van der Waals surface area contributed by atoms with E-state index in [1.54, 1.807) is 6.92 Å². The van der Waals surface area contributed by atoms with E-state index in [2.05, 4.69) is 20.3 Å². The summed E-state index contributed by atoms with van der Waals surface area (Å²) in [6, 6.07) is -0.826. The van der Waals surface area contributed by atoms with Gasteiger partial charge in [-0.05, 0) is 13.3 Å². The second kappa shape index (κ2) is 9.60. The molecule has 0 aromatic carbocycles. The number of rotatable bonds is 6. The lowest BCUT2D eigenvalue weighted by atomic mass is 10.0. The van der Waals surface area contributed by atoms with Crippen molar-refractivity contribution in [1.29, 1.82) is 0 Å². The van der Waals surface area contributed by atoms with Gasteiger partial charge in [-0.2, -0.15) is 0 Å². The number of amides is 1. The number of aromatic carboxylic acids is 2. The predicted octanol–water partition coefficient (Wildman–Crippen LogP) is 3.54. The van der Waals surface area contributed by atoms with E-state index in [0.29, 0.717) is 17.0 Å². The first-order chi connectivity index (χ1) is 16.5. The zero-order valence-electron chi connectivity index (χ0n) is 17.8. The number of piperidine rings is 1. The van der Waals surface area contributed by atoms with Crippen LogP contribution in [0.25, 0.3) is 11.4 Å². The van der Waals surface area contributed by atoms with Crippen molar-refractivity contribution < 1.29 is 29.0 Å². The molecule has 0 radical (unpaired) electrons. The zero-order chi connectivity index (χ0) is 25.6. The number of nitrogen functional groups attached to an aromatic ring is 1. The highest BCUT2D eigenvalue weighted by atomic mass is 35.5. The van der Waals surface area contributed by atoms with E-state index in [9.17, 15) is 24.6 Å². The third-order valence-electron chi connectivity index (χ3n) is 5.28. The van der Waals surface area contributed by atoms with Crippen molar-refractivity contribution >= 4 is 74.0 Å². The molecule has 0 spiro atoms. The molecule has 0 unspecified atom stereocenters. The number of hydrogen-bond donors (Lipinski definition) is 5. The highest BCUT2D eigenvalue weighted by Crippen LogP contribution is 2.38. The molecule has 3 aromatic heterocycles. The number of hydrogen-bond acceptors (Lipinski definition) is 9. The standard InChI is InChI=1S/C19H17Cl2FN6O5S2/c1-5-8(20)9(21)10(24-5)15(29)25-7-2-3-28(4-6(7)22)19-27-12(14(35-19)17(32)33)11-13(16(30)31)34-18(23)26-11/h6-7,24H,2-4H2,1H3,(H2,23,26)(H,25,29)(H,30,31)(H,32,33)/t6-,7+/m0/s1. The Kier molecular flexibility index (Phi) is 6.90. The Bertz CT molecular complexity index is 1340. The number of carboxylic acid groups (broad SMARTS) is 2. The Morgan fingerprint density at radius 2 is 1.77 bits per heavy atom. The van der Waals surface area contributed by atoms with Crippen molar-refractivity contribution in [2.75, 3.05) is 23.7 Å². The summed E-state index contributed by atoms with van der Waals surface area (Å²) in [7, 11) is 0. The Hall–Kier alpha value is -2.94. The fraction of sp³-hybridized carbons (Fsp3) is 0.316. The number of carboxylic acids is 2. The number of thiazole rings is 2. The van der Waals surface area contributed by atoms with Crippen LogP contribution in [0.5, 0.6) is 0 Å². The molecule has 11 nitrogen and oxygen atoms in total. The van der Waals surface area contributed by atoms with Crippen LogP contribution in [0.2, 0.25) is 10.0 Å². The number of carbonyl (C=O) groups is 3. The summed E-state index contributed by atoms with van der Waals surface area (Å²) < 4.78 is 15.0. The molecular weight excluding hydrogens is 546 g/mol. The number of carbonyl (C=O) groups excluding carboxylic acids is 1. The molecule has 35 heavy (non-hydrogen) atoms. The van der Waals surface area contributed by atoms with Crippen molar-refractivity contribution in [2.24, 2.45) is 0 Å². The quantitative estimate of drug-likeness (QED) is 0.301. The summed E-state index contributed by atoms with van der Waals surface area (Å²) in [5.41, 5.74) is 5.86. The lowest BCUT2D eigenvalue weighted by Gasteiger charge is -2.34. The van der Waals surface area contributed by atoms with Crippen LogP contribution in [0, 0.1) is 6.92 Å². The number of halogens is 3. The molecule has 0 aliphatic carbocycles. The number of anilines is 2. The van der Waals surface area contributed by atoms with Gasteiger partial charge in [0, 0.05) is 12.2 Å². The van der Waals surface area contributed by atoms with Crippen LogP contribution in [0.4, 0.5) is 14.7 Å². The fourth-order valence-electron chi connectivity index (χ4n) is 3.60. The first-order valence-electron chi connectivity index (χ1n) is 9.95. The van der Waals surface area contributed by atoms with E-state index in [1.165, 1.54) is 4.90 Å². The third kappa shape index (κ3) is 4.78. The summed E-state index contributed by atoms with van der Waals surface area (Å²) in [5.74, 6) is -3.25. The number of nitrogens with zero attached hydrogens (tertiary/aromatic N) is 3. The summed E-state index contributed by atoms with van der Waals surface area (Å²) in [6.07, 6.45) is -1.32. The molecule has 6 N–H and O–H groups in total. The first kappa shape index (κ1) is 25.2. The number of aromatic amines is 1. The van der Waals surface area contributed by atoms with Crippen molar-refractivity contribution in [2.45, 2.75) is 25.6 Å². The minimum Gasteiger partial charge on any atom is -0.477 e. The van der Waals surface area contributed by atoms with Gasteiger partial charge in [-0.3, -0.25) is 4.79 Å². The second-order valence-corrected chi connectivity index (χ2v) is 10.4. The monoisotopic (exact) mass is 562 g/mol. The maximum absolute atomic E-state index is 15.0. The van der Waals surface area contributed by atoms with Gasteiger partial charge in [0.25, 0.3) is 5.91 Å². The van der Waals surface area contributed by atoms with Crippen LogP contribution in [0.1, 0.15) is 41.9 Å². The molecule has 1 amide bonds. The van der Waals surface area contributed by atoms with Gasteiger partial charge in [-0.25, -0.2) is 23.9 Å². The van der Waals surface area contributed by atoms with Gasteiger partial charge in [0.1, 0.15) is 33.0 Å². The van der Waals surface area contributed by atoms with Gasteiger partial charge in [0.05, 0.1) is 22.6 Å². The van der Waals surface area contributed by atoms with Gasteiger partial charge < -0.3 is 31.1 Å². The number of aromatic nitrogens is 3. The molecule has 3 aromatic rings. The number of nitrogens with two attached hydrogens (primary N) is 1. The van der Waals surface area contributed by atoms with Crippen LogP contribution in [0.15, 0.2) is 0 Å². The maximum atomic E-state index is 15.0. The van der Waals surface area contributed by atoms with Crippen LogP contribution in [-0.2, 0) is 0 Å². The summed E-state index contributed by atoms with van der Waals surface area (Å²) >= 11 is 13.5. The molecule has 1 saturated heterocycles. The minimum atomic E-state index is -1.51. The van der Waals surface area contributed by atoms with Crippen molar-refractivity contribution in [1.82, 2.24) is 20.3 Å². The molecular formula is C19H17Cl2FN6O5S2. The molecule has 16 heteroatoms. The topological polar surface area (TPSA) is 175 Å². The number of nitrogens with one attached hydrogen (secondary N) is 2. The highest BCUT2D eigenvalue weighted by molar-refractivity contribution is 7.18. The summed E-state index contributed by atoms with van der Waals surface area (Å²) in [4.78, 5) is 47.9. The average molecular weight is 563 g/mol. The van der Waals surface area contributed by atoms with E-state index in [0.717, 1.165) is 11.3 Å². The maximum Gasteiger partial charge on any atom is 0.348 e. The molecule has 0 saturated carbocycles. The van der Waals surface area contributed by atoms with Crippen LogP contribution < -0.4 is 16.0 Å². The molecule has 4 rings (SSSR count). The van der Waals surface area contributed by atoms with Gasteiger partial charge in [0.2, 0.25) is 0 Å². The largest absolute Gasteiger partial charge is 0.477 e. The Morgan fingerprint density at radius 3 is 2.34 bits per heavy atom. The zero-order valence-corrected chi connectivity index (χ0v) is 20.9. The minimum absolute atomic E-state index is 0.0382.